The zero-order valence-corrected chi connectivity index (χ0v) is 22.1. The lowest BCUT2D eigenvalue weighted by Crippen LogP contribution is -2.66. The van der Waals surface area contributed by atoms with Gasteiger partial charge in [-0.25, -0.2) is 0 Å². The molecule has 1 amide bonds. The van der Waals surface area contributed by atoms with E-state index in [0.717, 1.165) is 19.3 Å². The molecule has 0 saturated carbocycles. The van der Waals surface area contributed by atoms with Crippen molar-refractivity contribution in [3.63, 3.8) is 0 Å². The maximum atomic E-state index is 12.1. The first-order valence-electron chi connectivity index (χ1n) is 11.6. The molecule has 0 spiro atoms. The zero-order valence-electron chi connectivity index (χ0n) is 19.6. The van der Waals surface area contributed by atoms with Crippen molar-refractivity contribution in [2.45, 2.75) is 51.1 Å². The van der Waals surface area contributed by atoms with Gasteiger partial charge in [-0.05, 0) is 50.6 Å². The molecule has 4 rings (SSSR count). The van der Waals surface area contributed by atoms with Crippen LogP contribution in [0.2, 0.25) is 5.04 Å². The van der Waals surface area contributed by atoms with E-state index in [9.17, 15) is 4.79 Å². The third kappa shape index (κ3) is 4.86. The van der Waals surface area contributed by atoms with Crippen molar-refractivity contribution >= 4 is 40.5 Å². The summed E-state index contributed by atoms with van der Waals surface area (Å²) in [6.45, 7) is 8.25. The first-order valence-corrected chi connectivity index (χ1v) is 14.3. The highest BCUT2D eigenvalue weighted by Gasteiger charge is 2.49. The molecule has 2 aromatic carbocycles. The number of hydrogen-bond donors (Lipinski definition) is 1. The fraction of sp³-hybridized carbons (Fsp3) is 0.385. The lowest BCUT2D eigenvalue weighted by atomic mass is 10.1. The molecule has 0 aliphatic carbocycles. The molecule has 1 atom stereocenters. The quantitative estimate of drug-likeness (QED) is 0.343. The van der Waals surface area contributed by atoms with E-state index in [1.54, 1.807) is 6.07 Å². The van der Waals surface area contributed by atoms with Gasteiger partial charge in [0.05, 0.1) is 6.04 Å². The molecule has 1 N–H and O–H groups in total. The lowest BCUT2D eigenvalue weighted by Gasteiger charge is -2.43. The van der Waals surface area contributed by atoms with Gasteiger partial charge in [0.25, 0.3) is 14.2 Å². The predicted molar refractivity (Wildman–Crippen MR) is 139 cm³/mol. The van der Waals surface area contributed by atoms with Crippen LogP contribution in [0.4, 0.5) is 0 Å². The van der Waals surface area contributed by atoms with Crippen LogP contribution in [0.15, 0.2) is 71.3 Å². The fourth-order valence-corrected chi connectivity index (χ4v) is 9.89. The number of unbranched alkanes of at least 4 members (excludes halogenated alkanes) is 1. The van der Waals surface area contributed by atoms with Crippen LogP contribution in [-0.4, -0.2) is 37.2 Å². The number of fused-ring (bicyclic) bond motifs is 1. The summed E-state index contributed by atoms with van der Waals surface area (Å²) in [6, 6.07) is 23.5. The van der Waals surface area contributed by atoms with E-state index >= 15 is 0 Å². The van der Waals surface area contributed by atoms with Crippen molar-refractivity contribution in [3.05, 3.63) is 77.0 Å². The predicted octanol–water partition coefficient (Wildman–Crippen LogP) is 4.68. The van der Waals surface area contributed by atoms with Crippen molar-refractivity contribution in [1.82, 2.24) is 15.1 Å². The van der Waals surface area contributed by atoms with Gasteiger partial charge in [0.1, 0.15) is 10.3 Å². The second kappa shape index (κ2) is 9.95. The maximum absolute atomic E-state index is 12.1. The molecule has 7 heteroatoms. The van der Waals surface area contributed by atoms with E-state index in [0.29, 0.717) is 23.4 Å². The van der Waals surface area contributed by atoms with Gasteiger partial charge in [-0.3, -0.25) is 9.48 Å². The van der Waals surface area contributed by atoms with Crippen LogP contribution in [0.3, 0.4) is 0 Å². The van der Waals surface area contributed by atoms with Crippen LogP contribution in [-0.2, 0) is 4.43 Å². The third-order valence-electron chi connectivity index (χ3n) is 6.45. The van der Waals surface area contributed by atoms with E-state index in [4.69, 9.17) is 4.43 Å². The Kier molecular flexibility index (Phi) is 7.21. The van der Waals surface area contributed by atoms with E-state index in [-0.39, 0.29) is 17.0 Å². The largest absolute Gasteiger partial charge is 0.407 e. The van der Waals surface area contributed by atoms with Gasteiger partial charge in [0, 0.05) is 19.2 Å². The highest BCUT2D eigenvalue weighted by atomic mass is 79.9. The van der Waals surface area contributed by atoms with Crippen molar-refractivity contribution in [2.24, 2.45) is 0 Å². The van der Waals surface area contributed by atoms with Crippen LogP contribution in [0.25, 0.3) is 0 Å². The molecule has 174 valence electrons. The average molecular weight is 527 g/mol. The minimum absolute atomic E-state index is 0.0143. The summed E-state index contributed by atoms with van der Waals surface area (Å²) in [6.07, 6.45) is 2.92. The van der Waals surface area contributed by atoms with Crippen LogP contribution in [0.5, 0.6) is 0 Å². The Bertz CT molecular complexity index is 1040. The number of aromatic nitrogens is 2. The monoisotopic (exact) mass is 525 g/mol. The number of carbonyl (C=O) groups excluding carboxylic acids is 1. The van der Waals surface area contributed by atoms with Gasteiger partial charge in [-0.15, -0.1) is 0 Å². The number of benzene rings is 2. The lowest BCUT2D eigenvalue weighted by molar-refractivity contribution is 0.0906. The molecular formula is C26H32BrN3O2Si. The number of nitrogens with one attached hydrogen (secondary N) is 1. The molecular weight excluding hydrogens is 494 g/mol. The highest BCUT2D eigenvalue weighted by molar-refractivity contribution is 9.10. The molecule has 0 fully saturated rings. The molecule has 3 aromatic rings. The van der Waals surface area contributed by atoms with Crippen LogP contribution in [0, 0.1) is 0 Å². The van der Waals surface area contributed by atoms with Gasteiger partial charge >= 0.3 is 0 Å². The second-order valence-corrected chi connectivity index (χ2v) is 14.8. The van der Waals surface area contributed by atoms with E-state index in [1.165, 1.54) is 10.4 Å². The van der Waals surface area contributed by atoms with Gasteiger partial charge in [0.2, 0.25) is 0 Å². The minimum Gasteiger partial charge on any atom is -0.407 e. The molecule has 0 bridgehead atoms. The van der Waals surface area contributed by atoms with Crippen molar-refractivity contribution in [1.29, 1.82) is 0 Å². The summed E-state index contributed by atoms with van der Waals surface area (Å²) in [7, 11) is -2.48. The van der Waals surface area contributed by atoms with Crippen molar-refractivity contribution < 1.29 is 9.22 Å². The Morgan fingerprint density at radius 1 is 1.06 bits per heavy atom. The maximum Gasteiger partial charge on any atom is 0.269 e. The van der Waals surface area contributed by atoms with E-state index in [1.807, 2.05) is 4.68 Å². The molecule has 0 radical (unpaired) electrons. The number of amides is 1. The van der Waals surface area contributed by atoms with Gasteiger partial charge in [0.15, 0.2) is 0 Å². The first-order chi connectivity index (χ1) is 15.8. The number of carbonyl (C=O) groups is 1. The smallest absolute Gasteiger partial charge is 0.269 e. The summed E-state index contributed by atoms with van der Waals surface area (Å²) in [5.74, 6) is -0.0560. The topological polar surface area (TPSA) is 56.1 Å². The van der Waals surface area contributed by atoms with Gasteiger partial charge in [-0.2, -0.15) is 5.10 Å². The molecule has 2 heterocycles. The molecule has 1 aliphatic heterocycles. The molecule has 1 aromatic heterocycles. The zero-order chi connectivity index (χ0) is 23.5. The van der Waals surface area contributed by atoms with Crippen LogP contribution in [0.1, 0.15) is 56.6 Å². The van der Waals surface area contributed by atoms with E-state index < -0.39 is 8.32 Å². The van der Waals surface area contributed by atoms with Gasteiger partial charge in [-0.1, -0.05) is 81.4 Å². The highest BCUT2D eigenvalue weighted by Crippen LogP contribution is 2.37. The minimum atomic E-state index is -2.48. The molecule has 0 unspecified atom stereocenters. The Morgan fingerprint density at radius 3 is 2.24 bits per heavy atom. The number of hydrogen-bond acceptors (Lipinski definition) is 3. The second-order valence-electron chi connectivity index (χ2n) is 9.67. The van der Waals surface area contributed by atoms with Gasteiger partial charge < -0.3 is 9.74 Å². The SMILES string of the molecule is CC(C)(C)[Si](OCCCC[C@H]1CNC(=O)c2cc(Br)nn21)(c1ccccc1)c1ccccc1. The molecule has 5 nitrogen and oxygen atoms in total. The van der Waals surface area contributed by atoms with Crippen LogP contribution >= 0.6 is 15.9 Å². The summed E-state index contributed by atoms with van der Waals surface area (Å²) >= 11 is 3.40. The summed E-state index contributed by atoms with van der Waals surface area (Å²) in [5.41, 5.74) is 0.627. The number of halogens is 1. The molecule has 1 aliphatic rings. The Labute approximate surface area is 205 Å². The molecule has 0 saturated heterocycles. The van der Waals surface area contributed by atoms with Crippen molar-refractivity contribution in [2.75, 3.05) is 13.2 Å². The normalized spacial score (nSPS) is 16.4. The standard InChI is InChI=1S/C26H32BrN3O2Si/c1-26(2,3)33(21-13-6-4-7-14-21,22-15-8-5-9-16-22)32-17-11-10-12-20-19-28-25(31)23-18-24(27)29-30(20)23/h4-9,13-16,18,20H,10-12,17,19H2,1-3H3,(H,28,31)/t20-/m0/s1. The fourth-order valence-electron chi connectivity index (χ4n) is 4.89. The first kappa shape index (κ1) is 23.9. The van der Waals surface area contributed by atoms with Crippen molar-refractivity contribution in [3.8, 4) is 0 Å². The third-order valence-corrected chi connectivity index (χ3v) is 11.9. The van der Waals surface area contributed by atoms with E-state index in [2.05, 4.69) is 108 Å². The summed E-state index contributed by atoms with van der Waals surface area (Å²) in [5, 5.41) is 10.1. The summed E-state index contributed by atoms with van der Waals surface area (Å²) in [4.78, 5) is 12.1. The Morgan fingerprint density at radius 2 is 1.67 bits per heavy atom. The average Bonchev–Trinajstić information content (AvgIpc) is 3.20. The number of rotatable bonds is 8. The Hall–Kier alpha value is -2.22. The Balaban J connectivity index is 1.47. The van der Waals surface area contributed by atoms with Crippen LogP contribution < -0.4 is 15.7 Å². The summed E-state index contributed by atoms with van der Waals surface area (Å²) < 4.78 is 9.56. The number of nitrogens with zero attached hydrogens (tertiary/aromatic N) is 2. The molecule has 33 heavy (non-hydrogen) atoms.